The zero-order valence-electron chi connectivity index (χ0n) is 12.5. The molecule has 2 rings (SSSR count). The Balaban J connectivity index is 2.13. The van der Waals surface area contributed by atoms with Gasteiger partial charge in [-0.3, -0.25) is 14.7 Å². The highest BCUT2D eigenvalue weighted by Crippen LogP contribution is 2.14. The fourth-order valence-electron chi connectivity index (χ4n) is 2.12. The van der Waals surface area contributed by atoms with Gasteiger partial charge in [0.25, 0.3) is 5.91 Å². The first-order valence-electron chi connectivity index (χ1n) is 7.03. The number of benzene rings is 1. The first-order valence-corrected chi connectivity index (χ1v) is 7.03. The number of likely N-dealkylation sites (N-methyl/N-ethyl adjacent to an activating group) is 1. The van der Waals surface area contributed by atoms with Crippen molar-refractivity contribution in [3.8, 4) is 0 Å². The number of carbonyl (C=O) groups excluding carboxylic acids is 2. The number of nitrogens with one attached hydrogen (secondary N) is 2. The van der Waals surface area contributed by atoms with E-state index >= 15 is 0 Å². The van der Waals surface area contributed by atoms with Gasteiger partial charge in [-0.2, -0.15) is 5.10 Å². The third-order valence-electron chi connectivity index (χ3n) is 3.14. The van der Waals surface area contributed by atoms with Gasteiger partial charge in [0.15, 0.2) is 0 Å². The molecular weight excluding hydrogens is 268 g/mol. The van der Waals surface area contributed by atoms with Crippen molar-refractivity contribution in [2.75, 3.05) is 13.1 Å². The Kier molecular flexibility index (Phi) is 4.57. The van der Waals surface area contributed by atoms with Crippen LogP contribution in [0.2, 0.25) is 0 Å². The predicted octanol–water partition coefficient (Wildman–Crippen LogP) is 1.55. The lowest BCUT2D eigenvalue weighted by Gasteiger charge is -2.21. The molecule has 2 N–H and O–H groups in total. The van der Waals surface area contributed by atoms with E-state index in [1.807, 2.05) is 26.8 Å². The number of nitrogens with zero attached hydrogens (tertiary/aromatic N) is 2. The molecule has 0 bridgehead atoms. The summed E-state index contributed by atoms with van der Waals surface area (Å²) in [5.74, 6) is -0.310. The van der Waals surface area contributed by atoms with E-state index in [1.165, 1.54) is 4.90 Å². The van der Waals surface area contributed by atoms with Crippen LogP contribution in [0.25, 0.3) is 10.9 Å². The zero-order chi connectivity index (χ0) is 15.4. The Labute approximate surface area is 123 Å². The first kappa shape index (κ1) is 15.0. The smallest absolute Gasteiger partial charge is 0.254 e. The number of hydrogen-bond acceptors (Lipinski definition) is 3. The fraction of sp³-hybridized carbons (Fsp3) is 0.400. The maximum atomic E-state index is 12.5. The van der Waals surface area contributed by atoms with Crippen LogP contribution in [0.1, 0.15) is 31.1 Å². The van der Waals surface area contributed by atoms with Gasteiger partial charge >= 0.3 is 0 Å². The highest BCUT2D eigenvalue weighted by atomic mass is 16.2. The average molecular weight is 288 g/mol. The molecule has 1 aromatic carbocycles. The lowest BCUT2D eigenvalue weighted by molar-refractivity contribution is -0.122. The quantitative estimate of drug-likeness (QED) is 0.876. The van der Waals surface area contributed by atoms with E-state index in [1.54, 1.807) is 18.3 Å². The van der Waals surface area contributed by atoms with Gasteiger partial charge in [0.1, 0.15) is 0 Å². The van der Waals surface area contributed by atoms with Crippen LogP contribution in [-0.2, 0) is 4.79 Å². The molecule has 0 saturated carbocycles. The average Bonchev–Trinajstić information content (AvgIpc) is 2.90. The van der Waals surface area contributed by atoms with Crippen LogP contribution in [0, 0.1) is 0 Å². The van der Waals surface area contributed by atoms with Crippen molar-refractivity contribution in [3.63, 3.8) is 0 Å². The minimum Gasteiger partial charge on any atom is -0.352 e. The number of aromatic amines is 1. The lowest BCUT2D eigenvalue weighted by Crippen LogP contribution is -2.42. The SMILES string of the molecule is CCN(CC(=O)NC(C)C)C(=O)c1ccc2cn[nH]c2c1. The molecule has 0 radical (unpaired) electrons. The maximum absolute atomic E-state index is 12.5. The van der Waals surface area contributed by atoms with Gasteiger partial charge in [0, 0.05) is 23.5 Å². The Morgan fingerprint density at radius 3 is 2.81 bits per heavy atom. The summed E-state index contributed by atoms with van der Waals surface area (Å²) in [6.45, 7) is 6.18. The summed E-state index contributed by atoms with van der Waals surface area (Å²) >= 11 is 0. The van der Waals surface area contributed by atoms with Gasteiger partial charge in [-0.1, -0.05) is 6.07 Å². The Hall–Kier alpha value is -2.37. The topological polar surface area (TPSA) is 78.1 Å². The predicted molar refractivity (Wildman–Crippen MR) is 80.9 cm³/mol. The molecule has 0 aliphatic rings. The molecule has 0 fully saturated rings. The van der Waals surface area contributed by atoms with Crippen LogP contribution in [0.3, 0.4) is 0 Å². The molecule has 0 aliphatic carbocycles. The highest BCUT2D eigenvalue weighted by molar-refractivity contribution is 5.99. The molecule has 6 nitrogen and oxygen atoms in total. The standard InChI is InChI=1S/C15H20N4O2/c1-4-19(9-14(20)17-10(2)3)15(21)11-5-6-12-8-16-18-13(12)7-11/h5-8,10H,4,9H2,1-3H3,(H,16,18)(H,17,20). The van der Waals surface area contributed by atoms with E-state index in [4.69, 9.17) is 0 Å². The van der Waals surface area contributed by atoms with Gasteiger partial charge in [-0.15, -0.1) is 0 Å². The van der Waals surface area contributed by atoms with Crippen LogP contribution in [0.5, 0.6) is 0 Å². The minimum absolute atomic E-state index is 0.0626. The van der Waals surface area contributed by atoms with Crippen LogP contribution in [0.4, 0.5) is 0 Å². The largest absolute Gasteiger partial charge is 0.352 e. The number of amides is 2. The Morgan fingerprint density at radius 2 is 2.14 bits per heavy atom. The molecule has 0 unspecified atom stereocenters. The zero-order valence-corrected chi connectivity index (χ0v) is 12.5. The molecule has 0 aliphatic heterocycles. The molecule has 21 heavy (non-hydrogen) atoms. The van der Waals surface area contributed by atoms with Gasteiger partial charge in [0.05, 0.1) is 18.3 Å². The van der Waals surface area contributed by atoms with Gasteiger partial charge in [-0.05, 0) is 32.9 Å². The lowest BCUT2D eigenvalue weighted by atomic mass is 10.1. The van der Waals surface area contributed by atoms with Gasteiger partial charge < -0.3 is 10.2 Å². The van der Waals surface area contributed by atoms with Crippen molar-refractivity contribution >= 4 is 22.7 Å². The monoisotopic (exact) mass is 288 g/mol. The van der Waals surface area contributed by atoms with Crippen LogP contribution < -0.4 is 5.32 Å². The number of hydrogen-bond donors (Lipinski definition) is 2. The summed E-state index contributed by atoms with van der Waals surface area (Å²) in [5, 5.41) is 10.5. The van der Waals surface area contributed by atoms with Gasteiger partial charge in [-0.25, -0.2) is 0 Å². The summed E-state index contributed by atoms with van der Waals surface area (Å²) in [6.07, 6.45) is 1.71. The summed E-state index contributed by atoms with van der Waals surface area (Å²) < 4.78 is 0. The maximum Gasteiger partial charge on any atom is 0.254 e. The minimum atomic E-state index is -0.159. The molecule has 112 valence electrons. The second-order valence-electron chi connectivity index (χ2n) is 5.21. The van der Waals surface area contributed by atoms with E-state index in [0.29, 0.717) is 12.1 Å². The number of H-pyrrole nitrogens is 1. The number of fused-ring (bicyclic) bond motifs is 1. The van der Waals surface area contributed by atoms with Crippen LogP contribution >= 0.6 is 0 Å². The van der Waals surface area contributed by atoms with Crippen LogP contribution in [-0.4, -0.2) is 46.0 Å². The summed E-state index contributed by atoms with van der Waals surface area (Å²) in [7, 11) is 0. The molecule has 6 heteroatoms. The molecule has 0 atom stereocenters. The van der Waals surface area contributed by atoms with E-state index in [0.717, 1.165) is 10.9 Å². The third-order valence-corrected chi connectivity index (χ3v) is 3.14. The van der Waals surface area contributed by atoms with Crippen LogP contribution in [0.15, 0.2) is 24.4 Å². The van der Waals surface area contributed by atoms with Crippen molar-refractivity contribution in [2.24, 2.45) is 0 Å². The molecule has 0 saturated heterocycles. The fourth-order valence-corrected chi connectivity index (χ4v) is 2.12. The van der Waals surface area contributed by atoms with Crippen molar-refractivity contribution in [3.05, 3.63) is 30.0 Å². The summed E-state index contributed by atoms with van der Waals surface area (Å²) in [4.78, 5) is 25.8. The van der Waals surface area contributed by atoms with E-state index < -0.39 is 0 Å². The summed E-state index contributed by atoms with van der Waals surface area (Å²) in [6, 6.07) is 5.41. The van der Waals surface area contributed by atoms with Crippen molar-refractivity contribution in [1.29, 1.82) is 0 Å². The second kappa shape index (κ2) is 6.39. The van der Waals surface area contributed by atoms with Crippen molar-refractivity contribution in [2.45, 2.75) is 26.8 Å². The van der Waals surface area contributed by atoms with Gasteiger partial charge in [0.2, 0.25) is 5.91 Å². The number of aromatic nitrogens is 2. The molecule has 2 aromatic rings. The van der Waals surface area contributed by atoms with Crippen molar-refractivity contribution in [1.82, 2.24) is 20.4 Å². The highest BCUT2D eigenvalue weighted by Gasteiger charge is 2.18. The second-order valence-corrected chi connectivity index (χ2v) is 5.21. The molecule has 0 spiro atoms. The van der Waals surface area contributed by atoms with E-state index in [-0.39, 0.29) is 24.4 Å². The first-order chi connectivity index (χ1) is 10.0. The third kappa shape index (κ3) is 3.59. The van der Waals surface area contributed by atoms with Crippen molar-refractivity contribution < 1.29 is 9.59 Å². The number of rotatable bonds is 5. The Bertz CT molecular complexity index is 648. The van der Waals surface area contributed by atoms with E-state index in [2.05, 4.69) is 15.5 Å². The number of carbonyl (C=O) groups is 2. The van der Waals surface area contributed by atoms with E-state index in [9.17, 15) is 9.59 Å². The molecule has 1 heterocycles. The molecule has 2 amide bonds. The normalized spacial score (nSPS) is 10.9. The summed E-state index contributed by atoms with van der Waals surface area (Å²) in [5.41, 5.74) is 1.36. The Morgan fingerprint density at radius 1 is 1.38 bits per heavy atom. The molecular formula is C15H20N4O2. The molecule has 1 aromatic heterocycles.